The number of hydrogen-bond donors (Lipinski definition) is 0. The second kappa shape index (κ2) is 5.06. The molecular formula is C14H18O2. The van der Waals surface area contributed by atoms with Crippen LogP contribution >= 0.6 is 0 Å². The highest BCUT2D eigenvalue weighted by atomic mass is 16.5. The van der Waals surface area contributed by atoms with Crippen molar-refractivity contribution in [1.82, 2.24) is 0 Å². The van der Waals surface area contributed by atoms with Gasteiger partial charge in [0.15, 0.2) is 11.5 Å². The molecule has 0 atom stereocenters. The third kappa shape index (κ3) is 2.21. The lowest BCUT2D eigenvalue weighted by Gasteiger charge is -2.10. The molecule has 0 fully saturated rings. The number of ether oxygens (including phenoxy) is 2. The topological polar surface area (TPSA) is 18.5 Å². The van der Waals surface area contributed by atoms with E-state index in [1.165, 1.54) is 11.1 Å². The molecule has 0 aromatic heterocycles. The quantitative estimate of drug-likeness (QED) is 0.754. The van der Waals surface area contributed by atoms with Crippen molar-refractivity contribution in [1.29, 1.82) is 0 Å². The minimum absolute atomic E-state index is 0.744. The molecule has 16 heavy (non-hydrogen) atoms. The van der Waals surface area contributed by atoms with E-state index < -0.39 is 0 Å². The van der Waals surface area contributed by atoms with Crippen LogP contribution in [0.2, 0.25) is 0 Å². The summed E-state index contributed by atoms with van der Waals surface area (Å²) < 4.78 is 11.3. The van der Waals surface area contributed by atoms with Crippen molar-refractivity contribution < 1.29 is 9.47 Å². The number of hydrogen-bond acceptors (Lipinski definition) is 2. The molecule has 1 heterocycles. The first-order valence-corrected chi connectivity index (χ1v) is 5.90. The largest absolute Gasteiger partial charge is 0.490 e. The van der Waals surface area contributed by atoms with Gasteiger partial charge >= 0.3 is 0 Å². The highest BCUT2D eigenvalue weighted by Crippen LogP contribution is 2.33. The summed E-state index contributed by atoms with van der Waals surface area (Å²) in [6.45, 7) is 5.73. The van der Waals surface area contributed by atoms with Gasteiger partial charge in [-0.05, 0) is 36.6 Å². The molecule has 0 unspecified atom stereocenters. The van der Waals surface area contributed by atoms with Gasteiger partial charge in [-0.3, -0.25) is 0 Å². The number of allylic oxidation sites excluding steroid dienone is 2. The molecule has 0 bridgehead atoms. The highest BCUT2D eigenvalue weighted by molar-refractivity contribution is 5.67. The first-order chi connectivity index (χ1) is 7.85. The first kappa shape index (κ1) is 11.1. The summed E-state index contributed by atoms with van der Waals surface area (Å²) in [6, 6.07) is 6.20. The molecule has 0 saturated carbocycles. The summed E-state index contributed by atoms with van der Waals surface area (Å²) in [5.74, 6) is 1.75. The molecule has 0 N–H and O–H groups in total. The van der Waals surface area contributed by atoms with Crippen LogP contribution in [0.15, 0.2) is 24.3 Å². The predicted octanol–water partition coefficient (Wildman–Crippen LogP) is 3.66. The molecule has 1 aromatic carbocycles. The molecule has 86 valence electrons. The fourth-order valence-electron chi connectivity index (χ4n) is 1.94. The van der Waals surface area contributed by atoms with Crippen LogP contribution in [-0.2, 0) is 0 Å². The van der Waals surface area contributed by atoms with Gasteiger partial charge in [0.25, 0.3) is 0 Å². The third-order valence-electron chi connectivity index (χ3n) is 2.85. The number of fused-ring (bicyclic) bond motifs is 1. The Morgan fingerprint density at radius 3 is 2.69 bits per heavy atom. The highest BCUT2D eigenvalue weighted by Gasteiger charge is 2.11. The second-order valence-electron chi connectivity index (χ2n) is 3.88. The summed E-state index contributed by atoms with van der Waals surface area (Å²) in [5.41, 5.74) is 2.57. The lowest BCUT2D eigenvalue weighted by molar-refractivity contribution is 0.297. The van der Waals surface area contributed by atoms with Crippen molar-refractivity contribution >= 4 is 5.57 Å². The summed E-state index contributed by atoms with van der Waals surface area (Å²) in [4.78, 5) is 0. The van der Waals surface area contributed by atoms with E-state index in [2.05, 4.69) is 32.1 Å². The standard InChI is InChI=1S/C14H18O2/c1-3-11(4-2)12-6-7-13-14(10-12)16-9-5-8-15-13/h3,6-7,10H,4-5,8-9H2,1-2H3/b11-3-. The first-order valence-electron chi connectivity index (χ1n) is 5.90. The molecule has 0 radical (unpaired) electrons. The van der Waals surface area contributed by atoms with Gasteiger partial charge in [0.05, 0.1) is 13.2 Å². The molecule has 0 amide bonds. The van der Waals surface area contributed by atoms with E-state index in [9.17, 15) is 0 Å². The van der Waals surface area contributed by atoms with Crippen LogP contribution in [-0.4, -0.2) is 13.2 Å². The van der Waals surface area contributed by atoms with Crippen LogP contribution in [0.4, 0.5) is 0 Å². The van der Waals surface area contributed by atoms with E-state index >= 15 is 0 Å². The van der Waals surface area contributed by atoms with Crippen molar-refractivity contribution in [2.75, 3.05) is 13.2 Å². The van der Waals surface area contributed by atoms with E-state index in [-0.39, 0.29) is 0 Å². The molecular weight excluding hydrogens is 200 g/mol. The third-order valence-corrected chi connectivity index (χ3v) is 2.85. The Bertz CT molecular complexity index is 394. The maximum Gasteiger partial charge on any atom is 0.161 e. The minimum Gasteiger partial charge on any atom is -0.490 e. The van der Waals surface area contributed by atoms with Gasteiger partial charge in [-0.25, -0.2) is 0 Å². The van der Waals surface area contributed by atoms with E-state index in [0.29, 0.717) is 0 Å². The van der Waals surface area contributed by atoms with Gasteiger partial charge < -0.3 is 9.47 Å². The Morgan fingerprint density at radius 1 is 1.25 bits per heavy atom. The summed E-state index contributed by atoms with van der Waals surface area (Å²) in [6.07, 6.45) is 4.14. The average Bonchev–Trinajstić information content (AvgIpc) is 2.55. The average molecular weight is 218 g/mol. The SMILES string of the molecule is C/C=C(/CC)c1ccc2c(c1)OCCCO2. The summed E-state index contributed by atoms with van der Waals surface area (Å²) in [5, 5.41) is 0. The molecule has 0 aliphatic carbocycles. The molecule has 2 nitrogen and oxygen atoms in total. The van der Waals surface area contributed by atoms with Gasteiger partial charge in [-0.15, -0.1) is 0 Å². The lowest BCUT2D eigenvalue weighted by atomic mass is 10.0. The maximum atomic E-state index is 5.68. The Hall–Kier alpha value is -1.44. The van der Waals surface area contributed by atoms with Crippen molar-refractivity contribution in [3.8, 4) is 11.5 Å². The molecule has 2 rings (SSSR count). The van der Waals surface area contributed by atoms with Crippen LogP contribution in [0.25, 0.3) is 5.57 Å². The van der Waals surface area contributed by atoms with Gasteiger partial charge in [0.1, 0.15) is 0 Å². The van der Waals surface area contributed by atoms with Gasteiger partial charge in [0.2, 0.25) is 0 Å². The van der Waals surface area contributed by atoms with E-state index in [4.69, 9.17) is 9.47 Å². The zero-order chi connectivity index (χ0) is 11.4. The Balaban J connectivity index is 2.34. The van der Waals surface area contributed by atoms with E-state index in [0.717, 1.165) is 37.6 Å². The number of rotatable bonds is 2. The lowest BCUT2D eigenvalue weighted by Crippen LogP contribution is -1.97. The molecule has 0 saturated heterocycles. The van der Waals surface area contributed by atoms with Crippen molar-refractivity contribution in [3.63, 3.8) is 0 Å². The fourth-order valence-corrected chi connectivity index (χ4v) is 1.94. The van der Waals surface area contributed by atoms with Crippen LogP contribution in [0.5, 0.6) is 11.5 Å². The number of benzene rings is 1. The Kier molecular flexibility index (Phi) is 3.50. The zero-order valence-corrected chi connectivity index (χ0v) is 9.95. The maximum absolute atomic E-state index is 5.68. The summed E-state index contributed by atoms with van der Waals surface area (Å²) in [7, 11) is 0. The van der Waals surface area contributed by atoms with Crippen molar-refractivity contribution in [3.05, 3.63) is 29.8 Å². The van der Waals surface area contributed by atoms with Crippen LogP contribution in [0.1, 0.15) is 32.3 Å². The predicted molar refractivity (Wildman–Crippen MR) is 66.0 cm³/mol. The molecule has 1 aliphatic rings. The normalized spacial score (nSPS) is 15.8. The summed E-state index contributed by atoms with van der Waals surface area (Å²) >= 11 is 0. The molecule has 2 heteroatoms. The Labute approximate surface area is 96.9 Å². The van der Waals surface area contributed by atoms with Crippen LogP contribution in [0.3, 0.4) is 0 Å². The molecule has 1 aromatic rings. The van der Waals surface area contributed by atoms with Gasteiger partial charge in [-0.2, -0.15) is 0 Å². The Morgan fingerprint density at radius 2 is 2.00 bits per heavy atom. The minimum atomic E-state index is 0.744. The van der Waals surface area contributed by atoms with Crippen molar-refractivity contribution in [2.24, 2.45) is 0 Å². The van der Waals surface area contributed by atoms with Gasteiger partial charge in [0, 0.05) is 6.42 Å². The smallest absolute Gasteiger partial charge is 0.161 e. The van der Waals surface area contributed by atoms with Gasteiger partial charge in [-0.1, -0.05) is 19.1 Å². The molecule has 0 spiro atoms. The monoisotopic (exact) mass is 218 g/mol. The fraction of sp³-hybridized carbons (Fsp3) is 0.429. The zero-order valence-electron chi connectivity index (χ0n) is 9.95. The van der Waals surface area contributed by atoms with E-state index in [1.54, 1.807) is 0 Å². The van der Waals surface area contributed by atoms with E-state index in [1.807, 2.05) is 6.07 Å². The van der Waals surface area contributed by atoms with Crippen LogP contribution in [0, 0.1) is 0 Å². The van der Waals surface area contributed by atoms with Crippen LogP contribution < -0.4 is 9.47 Å². The molecule has 1 aliphatic heterocycles. The van der Waals surface area contributed by atoms with Crippen molar-refractivity contribution in [2.45, 2.75) is 26.7 Å². The second-order valence-corrected chi connectivity index (χ2v) is 3.88.